The summed E-state index contributed by atoms with van der Waals surface area (Å²) in [4.78, 5) is 0. The Morgan fingerprint density at radius 1 is 0.952 bits per heavy atom. The maximum absolute atomic E-state index is 8.96. The van der Waals surface area contributed by atoms with Crippen molar-refractivity contribution in [1.29, 1.82) is 5.26 Å². The molecule has 2 nitrogen and oxygen atoms in total. The Labute approximate surface area is 127 Å². The van der Waals surface area contributed by atoms with E-state index in [9.17, 15) is 0 Å². The number of nitrogens with zero attached hydrogens (tertiary/aromatic N) is 2. The van der Waals surface area contributed by atoms with Gasteiger partial charge in [0.2, 0.25) is 0 Å². The lowest BCUT2D eigenvalue weighted by Crippen LogP contribution is -2.05. The van der Waals surface area contributed by atoms with Crippen molar-refractivity contribution in [2.24, 2.45) is 0 Å². The van der Waals surface area contributed by atoms with Gasteiger partial charge in [0.25, 0.3) is 0 Å². The fourth-order valence-electron chi connectivity index (χ4n) is 3.71. The number of hydrogen-bond acceptors (Lipinski definition) is 1. The number of nitriles is 1. The molecule has 2 heteroatoms. The van der Waals surface area contributed by atoms with Gasteiger partial charge in [0, 0.05) is 23.1 Å². The second kappa shape index (κ2) is 6.80. The molecule has 0 N–H and O–H groups in total. The van der Waals surface area contributed by atoms with Gasteiger partial charge in [-0.25, -0.2) is 0 Å². The minimum atomic E-state index is 0.602. The van der Waals surface area contributed by atoms with Crippen LogP contribution in [0.25, 0.3) is 10.9 Å². The van der Waals surface area contributed by atoms with Gasteiger partial charge in [-0.15, -0.1) is 0 Å². The van der Waals surface area contributed by atoms with E-state index in [2.05, 4.69) is 34.9 Å². The lowest BCUT2D eigenvalue weighted by Gasteiger charge is -2.13. The number of benzene rings is 1. The average Bonchev–Trinajstić information content (AvgIpc) is 2.82. The van der Waals surface area contributed by atoms with Gasteiger partial charge in [-0.2, -0.15) is 5.26 Å². The van der Waals surface area contributed by atoms with Crippen molar-refractivity contribution < 1.29 is 0 Å². The van der Waals surface area contributed by atoms with Crippen LogP contribution in [0.2, 0.25) is 0 Å². The van der Waals surface area contributed by atoms with Crippen molar-refractivity contribution >= 4 is 10.9 Å². The zero-order chi connectivity index (χ0) is 14.5. The monoisotopic (exact) mass is 280 g/mol. The molecule has 0 unspecified atom stereocenters. The van der Waals surface area contributed by atoms with Crippen molar-refractivity contribution in [1.82, 2.24) is 4.57 Å². The number of para-hydroxylation sites is 1. The predicted molar refractivity (Wildman–Crippen MR) is 87.3 cm³/mol. The van der Waals surface area contributed by atoms with Crippen molar-refractivity contribution in [2.75, 3.05) is 0 Å². The Balaban J connectivity index is 2.07. The third-order valence-corrected chi connectivity index (χ3v) is 4.73. The van der Waals surface area contributed by atoms with Gasteiger partial charge in [0.1, 0.15) is 0 Å². The molecule has 0 spiro atoms. The van der Waals surface area contributed by atoms with Crippen LogP contribution in [0.3, 0.4) is 0 Å². The summed E-state index contributed by atoms with van der Waals surface area (Å²) in [6, 6.07) is 11.1. The van der Waals surface area contributed by atoms with E-state index in [0.717, 1.165) is 6.54 Å². The predicted octanol–water partition coefficient (Wildman–Crippen LogP) is 4.99. The summed E-state index contributed by atoms with van der Waals surface area (Å²) < 4.78 is 2.43. The van der Waals surface area contributed by atoms with E-state index < -0.39 is 0 Å². The SMILES string of the molecule is N#CCCn1c2c(c3ccccc31)CCCCCCCC2. The fraction of sp³-hybridized carbons (Fsp3) is 0.526. The molecule has 0 saturated heterocycles. The molecule has 0 aliphatic heterocycles. The summed E-state index contributed by atoms with van der Waals surface area (Å²) in [6.45, 7) is 0.840. The second-order valence-corrected chi connectivity index (χ2v) is 6.12. The molecule has 0 fully saturated rings. The summed E-state index contributed by atoms with van der Waals surface area (Å²) in [7, 11) is 0. The summed E-state index contributed by atoms with van der Waals surface area (Å²) in [6.07, 6.45) is 11.1. The molecule has 1 aliphatic carbocycles. The lowest BCUT2D eigenvalue weighted by molar-refractivity contribution is 0.566. The molecule has 0 bridgehead atoms. The first-order valence-electron chi connectivity index (χ1n) is 8.38. The van der Waals surface area contributed by atoms with E-state index in [4.69, 9.17) is 5.26 Å². The largest absolute Gasteiger partial charge is 0.343 e. The topological polar surface area (TPSA) is 28.7 Å². The highest BCUT2D eigenvalue weighted by atomic mass is 15.0. The van der Waals surface area contributed by atoms with Crippen LogP contribution in [0, 0.1) is 11.3 Å². The highest BCUT2D eigenvalue weighted by Gasteiger charge is 2.16. The number of rotatable bonds is 2. The molecule has 1 heterocycles. The zero-order valence-corrected chi connectivity index (χ0v) is 12.8. The van der Waals surface area contributed by atoms with E-state index >= 15 is 0 Å². The van der Waals surface area contributed by atoms with Crippen LogP contribution < -0.4 is 0 Å². The first-order chi connectivity index (χ1) is 10.4. The number of aryl methyl sites for hydroxylation is 2. The maximum atomic E-state index is 8.96. The third kappa shape index (κ3) is 2.97. The Kier molecular flexibility index (Phi) is 4.60. The minimum Gasteiger partial charge on any atom is -0.343 e. The highest BCUT2D eigenvalue weighted by molar-refractivity contribution is 5.85. The highest BCUT2D eigenvalue weighted by Crippen LogP contribution is 2.30. The van der Waals surface area contributed by atoms with Crippen LogP contribution in [0.15, 0.2) is 24.3 Å². The molecule has 0 saturated carbocycles. The Bertz CT molecular complexity index is 645. The summed E-state index contributed by atoms with van der Waals surface area (Å²) in [5, 5.41) is 10.4. The molecular formula is C19H24N2. The van der Waals surface area contributed by atoms with Gasteiger partial charge in [0.05, 0.1) is 12.5 Å². The van der Waals surface area contributed by atoms with Gasteiger partial charge >= 0.3 is 0 Å². The van der Waals surface area contributed by atoms with Crippen LogP contribution >= 0.6 is 0 Å². The normalized spacial score (nSPS) is 16.3. The van der Waals surface area contributed by atoms with Gasteiger partial charge in [0.15, 0.2) is 0 Å². The van der Waals surface area contributed by atoms with Crippen molar-refractivity contribution in [3.05, 3.63) is 35.5 Å². The number of fused-ring (bicyclic) bond motifs is 3. The first kappa shape index (κ1) is 14.2. The quantitative estimate of drug-likeness (QED) is 0.761. The molecule has 1 aliphatic rings. The van der Waals surface area contributed by atoms with Gasteiger partial charge in [-0.05, 0) is 37.3 Å². The molecule has 1 aromatic carbocycles. The maximum Gasteiger partial charge on any atom is 0.0640 e. The van der Waals surface area contributed by atoms with Crippen LogP contribution in [0.1, 0.15) is 56.2 Å². The molecule has 0 atom stereocenters. The zero-order valence-electron chi connectivity index (χ0n) is 12.8. The molecule has 21 heavy (non-hydrogen) atoms. The van der Waals surface area contributed by atoms with Crippen LogP contribution in [0.5, 0.6) is 0 Å². The Morgan fingerprint density at radius 2 is 1.67 bits per heavy atom. The Morgan fingerprint density at radius 3 is 2.48 bits per heavy atom. The summed E-state index contributed by atoms with van der Waals surface area (Å²) >= 11 is 0. The average molecular weight is 280 g/mol. The van der Waals surface area contributed by atoms with Crippen LogP contribution in [0.4, 0.5) is 0 Å². The molecule has 0 amide bonds. The third-order valence-electron chi connectivity index (χ3n) is 4.73. The van der Waals surface area contributed by atoms with E-state index in [1.165, 1.54) is 68.0 Å². The molecular weight excluding hydrogens is 256 g/mol. The van der Waals surface area contributed by atoms with Crippen molar-refractivity contribution in [3.8, 4) is 6.07 Å². The standard InChI is InChI=1S/C19H24N2/c20-14-9-15-21-18-12-6-4-2-1-3-5-10-16(18)17-11-7-8-13-19(17)21/h7-8,11,13H,1-6,9-10,12,15H2. The molecule has 1 aromatic heterocycles. The van der Waals surface area contributed by atoms with Gasteiger partial charge < -0.3 is 4.57 Å². The van der Waals surface area contributed by atoms with Gasteiger partial charge in [-0.3, -0.25) is 0 Å². The van der Waals surface area contributed by atoms with Crippen LogP contribution in [-0.4, -0.2) is 4.57 Å². The number of hydrogen-bond donors (Lipinski definition) is 0. The summed E-state index contributed by atoms with van der Waals surface area (Å²) in [5.41, 5.74) is 4.40. The minimum absolute atomic E-state index is 0.602. The van der Waals surface area contributed by atoms with Crippen molar-refractivity contribution in [2.45, 2.75) is 64.3 Å². The van der Waals surface area contributed by atoms with Crippen LogP contribution in [-0.2, 0) is 19.4 Å². The fourth-order valence-corrected chi connectivity index (χ4v) is 3.71. The van der Waals surface area contributed by atoms with E-state index in [1.54, 1.807) is 5.56 Å². The van der Waals surface area contributed by atoms with Gasteiger partial charge in [-0.1, -0.05) is 43.9 Å². The molecule has 3 rings (SSSR count). The molecule has 2 aromatic rings. The molecule has 110 valence electrons. The lowest BCUT2D eigenvalue weighted by atomic mass is 9.97. The first-order valence-corrected chi connectivity index (χ1v) is 8.38. The number of aromatic nitrogens is 1. The Hall–Kier alpha value is -1.75. The smallest absolute Gasteiger partial charge is 0.0640 e. The van der Waals surface area contributed by atoms with E-state index in [-0.39, 0.29) is 0 Å². The molecule has 0 radical (unpaired) electrons. The van der Waals surface area contributed by atoms with E-state index in [0.29, 0.717) is 6.42 Å². The van der Waals surface area contributed by atoms with E-state index in [1.807, 2.05) is 0 Å². The second-order valence-electron chi connectivity index (χ2n) is 6.12. The van der Waals surface area contributed by atoms with Crippen molar-refractivity contribution in [3.63, 3.8) is 0 Å². The summed E-state index contributed by atoms with van der Waals surface area (Å²) in [5.74, 6) is 0.